The second-order valence-corrected chi connectivity index (χ2v) is 7.18. The van der Waals surface area contributed by atoms with Gasteiger partial charge < -0.3 is 9.47 Å². The molecule has 0 bridgehead atoms. The van der Waals surface area contributed by atoms with E-state index in [4.69, 9.17) is 9.47 Å². The third kappa shape index (κ3) is 3.80. The molecule has 138 valence electrons. The first-order valence-electron chi connectivity index (χ1n) is 9.92. The predicted molar refractivity (Wildman–Crippen MR) is 111 cm³/mol. The lowest BCUT2D eigenvalue weighted by Gasteiger charge is -2.22. The second-order valence-electron chi connectivity index (χ2n) is 7.18. The van der Waals surface area contributed by atoms with Gasteiger partial charge in [0.25, 0.3) is 0 Å². The van der Waals surface area contributed by atoms with Crippen molar-refractivity contribution in [3.63, 3.8) is 0 Å². The van der Waals surface area contributed by atoms with Crippen LogP contribution in [-0.2, 0) is 0 Å². The van der Waals surface area contributed by atoms with E-state index in [1.807, 2.05) is 0 Å². The molecule has 0 aliphatic rings. The molecule has 0 saturated heterocycles. The van der Waals surface area contributed by atoms with Gasteiger partial charge in [-0.1, -0.05) is 75.2 Å². The molecule has 3 aromatic rings. The summed E-state index contributed by atoms with van der Waals surface area (Å²) in [6.07, 6.45) is 4.72. The Morgan fingerprint density at radius 3 is 1.19 bits per heavy atom. The zero-order valence-corrected chi connectivity index (χ0v) is 16.4. The number of hydrogen-bond donors (Lipinski definition) is 0. The van der Waals surface area contributed by atoms with Crippen LogP contribution in [0.2, 0.25) is 0 Å². The fraction of sp³-hybridized carbons (Fsp3) is 0.417. The SMILES string of the molecule is CCCC(C)Oc1c2ccccc2c(OC(C)CCC)c2ccccc12. The summed E-state index contributed by atoms with van der Waals surface area (Å²) in [7, 11) is 0. The lowest BCUT2D eigenvalue weighted by molar-refractivity contribution is 0.211. The summed E-state index contributed by atoms with van der Waals surface area (Å²) >= 11 is 0. The van der Waals surface area contributed by atoms with Crippen molar-refractivity contribution in [3.8, 4) is 11.5 Å². The van der Waals surface area contributed by atoms with Gasteiger partial charge in [0.05, 0.1) is 12.2 Å². The van der Waals surface area contributed by atoms with Crippen LogP contribution in [0.4, 0.5) is 0 Å². The van der Waals surface area contributed by atoms with Gasteiger partial charge in [0.15, 0.2) is 0 Å². The van der Waals surface area contributed by atoms with Gasteiger partial charge in [-0.3, -0.25) is 0 Å². The van der Waals surface area contributed by atoms with Crippen LogP contribution in [0.5, 0.6) is 11.5 Å². The molecule has 0 aliphatic carbocycles. The minimum absolute atomic E-state index is 0.192. The fourth-order valence-corrected chi connectivity index (χ4v) is 3.64. The Morgan fingerprint density at radius 2 is 0.923 bits per heavy atom. The van der Waals surface area contributed by atoms with E-state index in [1.165, 1.54) is 0 Å². The van der Waals surface area contributed by atoms with Crippen molar-refractivity contribution in [1.82, 2.24) is 0 Å². The summed E-state index contributed by atoms with van der Waals surface area (Å²) in [5.74, 6) is 1.96. The highest BCUT2D eigenvalue weighted by molar-refractivity contribution is 6.11. The molecule has 0 heterocycles. The maximum absolute atomic E-state index is 6.43. The Labute approximate surface area is 157 Å². The number of ether oxygens (including phenoxy) is 2. The van der Waals surface area contributed by atoms with E-state index < -0.39 is 0 Å². The molecular formula is C24H30O2. The van der Waals surface area contributed by atoms with Crippen LogP contribution in [0.15, 0.2) is 48.5 Å². The Kier molecular flexibility index (Phi) is 6.03. The van der Waals surface area contributed by atoms with Crippen LogP contribution in [0, 0.1) is 0 Å². The van der Waals surface area contributed by atoms with Crippen LogP contribution in [0.1, 0.15) is 53.4 Å². The minimum atomic E-state index is 0.192. The van der Waals surface area contributed by atoms with Gasteiger partial charge >= 0.3 is 0 Å². The predicted octanol–water partition coefficient (Wildman–Crippen LogP) is 7.13. The van der Waals surface area contributed by atoms with E-state index in [0.29, 0.717) is 0 Å². The molecule has 0 amide bonds. The summed E-state index contributed by atoms with van der Waals surface area (Å²) in [4.78, 5) is 0. The highest BCUT2D eigenvalue weighted by Crippen LogP contribution is 2.43. The van der Waals surface area contributed by atoms with Crippen molar-refractivity contribution < 1.29 is 9.47 Å². The van der Waals surface area contributed by atoms with Gasteiger partial charge in [-0.15, -0.1) is 0 Å². The molecule has 0 N–H and O–H groups in total. The van der Waals surface area contributed by atoms with E-state index in [2.05, 4.69) is 76.2 Å². The van der Waals surface area contributed by atoms with E-state index in [9.17, 15) is 0 Å². The number of hydrogen-bond acceptors (Lipinski definition) is 2. The van der Waals surface area contributed by atoms with Gasteiger partial charge in [0.1, 0.15) is 11.5 Å². The topological polar surface area (TPSA) is 18.5 Å². The van der Waals surface area contributed by atoms with Crippen molar-refractivity contribution in [1.29, 1.82) is 0 Å². The molecule has 2 unspecified atom stereocenters. The summed E-state index contributed by atoms with van der Waals surface area (Å²) in [6.45, 7) is 8.70. The smallest absolute Gasteiger partial charge is 0.135 e. The van der Waals surface area contributed by atoms with E-state index in [1.54, 1.807) is 0 Å². The lowest BCUT2D eigenvalue weighted by Crippen LogP contribution is -2.13. The molecule has 3 rings (SSSR count). The van der Waals surface area contributed by atoms with Gasteiger partial charge in [-0.2, -0.15) is 0 Å². The minimum Gasteiger partial charge on any atom is -0.489 e. The summed E-state index contributed by atoms with van der Waals surface area (Å²) in [6, 6.07) is 16.9. The first-order chi connectivity index (χ1) is 12.7. The second kappa shape index (κ2) is 8.44. The Hall–Kier alpha value is -2.22. The molecule has 2 heteroatoms. The first kappa shape index (κ1) is 18.6. The molecule has 0 spiro atoms. The molecular weight excluding hydrogens is 320 g/mol. The third-order valence-electron chi connectivity index (χ3n) is 4.86. The largest absolute Gasteiger partial charge is 0.489 e. The molecule has 0 saturated carbocycles. The third-order valence-corrected chi connectivity index (χ3v) is 4.86. The van der Waals surface area contributed by atoms with Gasteiger partial charge in [-0.05, 0) is 26.7 Å². The van der Waals surface area contributed by atoms with Gasteiger partial charge in [0.2, 0.25) is 0 Å². The van der Waals surface area contributed by atoms with Gasteiger partial charge in [0, 0.05) is 21.5 Å². The Morgan fingerprint density at radius 1 is 0.615 bits per heavy atom. The molecule has 3 aromatic carbocycles. The van der Waals surface area contributed by atoms with E-state index in [0.717, 1.165) is 58.7 Å². The van der Waals surface area contributed by atoms with Crippen LogP contribution < -0.4 is 9.47 Å². The normalized spacial score (nSPS) is 13.7. The standard InChI is InChI=1S/C24H30O2/c1-5-11-17(3)25-23-19-13-7-9-15-21(19)24(26-18(4)12-6-2)22-16-10-8-14-20(22)23/h7-10,13-18H,5-6,11-12H2,1-4H3. The van der Waals surface area contributed by atoms with E-state index >= 15 is 0 Å². The summed E-state index contributed by atoms with van der Waals surface area (Å²) in [5.41, 5.74) is 0. The highest BCUT2D eigenvalue weighted by Gasteiger charge is 2.18. The average Bonchev–Trinajstić information content (AvgIpc) is 2.65. The molecule has 26 heavy (non-hydrogen) atoms. The number of rotatable bonds is 8. The van der Waals surface area contributed by atoms with Gasteiger partial charge in [-0.25, -0.2) is 0 Å². The van der Waals surface area contributed by atoms with Crippen LogP contribution >= 0.6 is 0 Å². The number of fused-ring (bicyclic) bond motifs is 2. The molecule has 0 aromatic heterocycles. The van der Waals surface area contributed by atoms with Crippen molar-refractivity contribution in [2.75, 3.05) is 0 Å². The van der Waals surface area contributed by atoms with Crippen LogP contribution in [0.3, 0.4) is 0 Å². The van der Waals surface area contributed by atoms with Crippen molar-refractivity contribution in [2.24, 2.45) is 0 Å². The molecule has 0 aliphatic heterocycles. The molecule has 0 radical (unpaired) electrons. The van der Waals surface area contributed by atoms with Crippen LogP contribution in [0.25, 0.3) is 21.5 Å². The summed E-state index contributed by atoms with van der Waals surface area (Å²) in [5, 5.41) is 4.53. The van der Waals surface area contributed by atoms with Crippen molar-refractivity contribution >= 4 is 21.5 Å². The fourth-order valence-electron chi connectivity index (χ4n) is 3.64. The van der Waals surface area contributed by atoms with Crippen molar-refractivity contribution in [2.45, 2.75) is 65.6 Å². The Bertz CT molecular complexity index is 740. The van der Waals surface area contributed by atoms with Crippen molar-refractivity contribution in [3.05, 3.63) is 48.5 Å². The Balaban J connectivity index is 2.21. The highest BCUT2D eigenvalue weighted by atomic mass is 16.5. The molecule has 2 nitrogen and oxygen atoms in total. The lowest BCUT2D eigenvalue weighted by atomic mass is 10.00. The van der Waals surface area contributed by atoms with E-state index in [-0.39, 0.29) is 12.2 Å². The maximum atomic E-state index is 6.43. The number of benzene rings is 3. The maximum Gasteiger partial charge on any atom is 0.135 e. The zero-order chi connectivity index (χ0) is 18.5. The first-order valence-corrected chi connectivity index (χ1v) is 9.92. The molecule has 0 fully saturated rings. The quantitative estimate of drug-likeness (QED) is 0.402. The zero-order valence-electron chi connectivity index (χ0n) is 16.4. The van der Waals surface area contributed by atoms with Crippen LogP contribution in [-0.4, -0.2) is 12.2 Å². The monoisotopic (exact) mass is 350 g/mol. The average molecular weight is 351 g/mol. The summed E-state index contributed by atoms with van der Waals surface area (Å²) < 4.78 is 12.9. The molecule has 2 atom stereocenters.